The number of fused-ring (bicyclic) bond motifs is 2. The van der Waals surface area contributed by atoms with Crippen molar-refractivity contribution in [3.8, 4) is 16.9 Å². The number of nitrogens with zero attached hydrogens (tertiary/aromatic N) is 1. The fourth-order valence-corrected chi connectivity index (χ4v) is 5.48. The highest BCUT2D eigenvalue weighted by Gasteiger charge is 2.33. The van der Waals surface area contributed by atoms with E-state index in [9.17, 15) is 18.0 Å². The SMILES string of the molecule is O=C(O)Cc1ccc2c(OCc3cccc(-c4c(Cc5ccccc5)cnc5c(C(F)(F)F)cccc45)c3)cccc2c1. The van der Waals surface area contributed by atoms with E-state index in [0.29, 0.717) is 28.7 Å². The quantitative estimate of drug-likeness (QED) is 0.196. The largest absolute Gasteiger partial charge is 0.488 e. The standard InChI is InChI=1S/C36H26F3NO3/c37-36(38,39)31-13-6-12-30-34(28(21-40-35(30)31)17-23-7-2-1-3-8-23)27-11-4-9-25(19-27)22-43-32-14-5-10-26-18-24(20-33(41)42)15-16-29(26)32/h1-16,18-19,21H,17,20,22H2,(H,41,42). The van der Waals surface area contributed by atoms with Crippen molar-refractivity contribution in [2.45, 2.75) is 25.6 Å². The molecule has 0 bridgehead atoms. The van der Waals surface area contributed by atoms with Gasteiger partial charge in [-0.1, -0.05) is 91.0 Å². The minimum absolute atomic E-state index is 0.0613. The fraction of sp³-hybridized carbons (Fsp3) is 0.111. The number of ether oxygens (including phenoxy) is 1. The van der Waals surface area contributed by atoms with Crippen LogP contribution in [0.4, 0.5) is 13.2 Å². The van der Waals surface area contributed by atoms with E-state index < -0.39 is 17.7 Å². The van der Waals surface area contributed by atoms with E-state index in [1.807, 2.05) is 84.9 Å². The second-order valence-corrected chi connectivity index (χ2v) is 10.4. The molecule has 214 valence electrons. The summed E-state index contributed by atoms with van der Waals surface area (Å²) in [5.74, 6) is -0.242. The smallest absolute Gasteiger partial charge is 0.418 e. The van der Waals surface area contributed by atoms with Crippen molar-refractivity contribution in [2.24, 2.45) is 0 Å². The average molecular weight is 578 g/mol. The lowest BCUT2D eigenvalue weighted by Gasteiger charge is -2.17. The molecule has 1 N–H and O–H groups in total. The van der Waals surface area contributed by atoms with Crippen LogP contribution in [0.3, 0.4) is 0 Å². The Labute approximate surface area is 246 Å². The van der Waals surface area contributed by atoms with Crippen LogP contribution >= 0.6 is 0 Å². The average Bonchev–Trinajstić information content (AvgIpc) is 2.99. The van der Waals surface area contributed by atoms with Gasteiger partial charge < -0.3 is 9.84 Å². The van der Waals surface area contributed by atoms with E-state index >= 15 is 0 Å². The molecule has 6 rings (SSSR count). The van der Waals surface area contributed by atoms with Gasteiger partial charge in [0.25, 0.3) is 0 Å². The molecule has 0 saturated carbocycles. The van der Waals surface area contributed by atoms with E-state index in [-0.39, 0.29) is 18.5 Å². The van der Waals surface area contributed by atoms with Crippen LogP contribution in [0.25, 0.3) is 32.8 Å². The van der Waals surface area contributed by atoms with E-state index in [1.165, 1.54) is 6.07 Å². The number of aromatic nitrogens is 1. The van der Waals surface area contributed by atoms with Crippen LogP contribution in [0, 0.1) is 0 Å². The second-order valence-electron chi connectivity index (χ2n) is 10.4. The number of pyridine rings is 1. The molecule has 7 heteroatoms. The number of rotatable bonds is 8. The molecule has 0 unspecified atom stereocenters. The molecule has 0 saturated heterocycles. The van der Waals surface area contributed by atoms with Gasteiger partial charge in [0.05, 0.1) is 17.5 Å². The molecule has 0 amide bonds. The molecule has 0 radical (unpaired) electrons. The van der Waals surface area contributed by atoms with Gasteiger partial charge in [0, 0.05) is 17.0 Å². The molecule has 0 atom stereocenters. The van der Waals surface area contributed by atoms with E-state index in [2.05, 4.69) is 4.98 Å². The molecule has 5 aromatic carbocycles. The van der Waals surface area contributed by atoms with Crippen molar-refractivity contribution in [3.63, 3.8) is 0 Å². The summed E-state index contributed by atoms with van der Waals surface area (Å²) in [5, 5.41) is 11.3. The number of alkyl halides is 3. The molecule has 1 aromatic heterocycles. The van der Waals surface area contributed by atoms with Crippen molar-refractivity contribution >= 4 is 27.6 Å². The topological polar surface area (TPSA) is 59.4 Å². The summed E-state index contributed by atoms with van der Waals surface area (Å²) in [6.45, 7) is 0.231. The van der Waals surface area contributed by atoms with E-state index in [4.69, 9.17) is 9.84 Å². The Morgan fingerprint density at radius 3 is 2.33 bits per heavy atom. The van der Waals surface area contributed by atoms with Gasteiger partial charge >= 0.3 is 12.1 Å². The van der Waals surface area contributed by atoms with Crippen LogP contribution in [0.1, 0.15) is 27.8 Å². The third kappa shape index (κ3) is 6.06. The summed E-state index contributed by atoms with van der Waals surface area (Å²) >= 11 is 0. The fourth-order valence-electron chi connectivity index (χ4n) is 5.48. The van der Waals surface area contributed by atoms with Crippen molar-refractivity contribution in [3.05, 3.63) is 143 Å². The summed E-state index contributed by atoms with van der Waals surface area (Å²) in [6.07, 6.45) is -2.53. The van der Waals surface area contributed by atoms with Gasteiger partial charge in [0.1, 0.15) is 12.4 Å². The third-order valence-corrected chi connectivity index (χ3v) is 7.39. The lowest BCUT2D eigenvalue weighted by atomic mass is 9.91. The van der Waals surface area contributed by atoms with Crippen molar-refractivity contribution in [2.75, 3.05) is 0 Å². The first-order valence-electron chi connectivity index (χ1n) is 13.7. The molecule has 0 fully saturated rings. The van der Waals surface area contributed by atoms with Crippen LogP contribution in [0.5, 0.6) is 5.75 Å². The molecule has 1 heterocycles. The molecule has 4 nitrogen and oxygen atoms in total. The lowest BCUT2D eigenvalue weighted by Crippen LogP contribution is -2.07. The van der Waals surface area contributed by atoms with Crippen molar-refractivity contribution < 1.29 is 27.8 Å². The Bertz CT molecular complexity index is 1950. The molecule has 43 heavy (non-hydrogen) atoms. The highest BCUT2D eigenvalue weighted by atomic mass is 19.4. The Morgan fingerprint density at radius 2 is 1.53 bits per heavy atom. The van der Waals surface area contributed by atoms with E-state index in [1.54, 1.807) is 18.3 Å². The zero-order valence-electron chi connectivity index (χ0n) is 22.9. The molecule has 0 aliphatic heterocycles. The number of carboxylic acids is 1. The number of carboxylic acid groups (broad SMARTS) is 1. The van der Waals surface area contributed by atoms with Crippen molar-refractivity contribution in [1.82, 2.24) is 4.98 Å². The van der Waals surface area contributed by atoms with Crippen LogP contribution in [0.15, 0.2) is 115 Å². The molecule has 0 aliphatic rings. The predicted molar refractivity (Wildman–Crippen MR) is 161 cm³/mol. The van der Waals surface area contributed by atoms with Crippen molar-refractivity contribution in [1.29, 1.82) is 0 Å². The maximum absolute atomic E-state index is 13.9. The molecule has 0 aliphatic carbocycles. The molecular formula is C36H26F3NO3. The first-order valence-corrected chi connectivity index (χ1v) is 13.7. The summed E-state index contributed by atoms with van der Waals surface area (Å²) in [4.78, 5) is 15.4. The molecule has 0 spiro atoms. The Balaban J connectivity index is 1.38. The van der Waals surface area contributed by atoms with Crippen LogP contribution in [-0.4, -0.2) is 16.1 Å². The number of aliphatic carboxylic acids is 1. The Hall–Kier alpha value is -5.17. The molecule has 6 aromatic rings. The summed E-state index contributed by atoms with van der Waals surface area (Å²) in [6, 6.07) is 32.7. The number of hydrogen-bond donors (Lipinski definition) is 1. The number of carbonyl (C=O) groups is 1. The van der Waals surface area contributed by atoms with Gasteiger partial charge in [0.15, 0.2) is 0 Å². The summed E-state index contributed by atoms with van der Waals surface area (Å²) in [7, 11) is 0. The van der Waals surface area contributed by atoms with E-state index in [0.717, 1.165) is 39.1 Å². The minimum Gasteiger partial charge on any atom is -0.488 e. The zero-order chi connectivity index (χ0) is 30.0. The maximum Gasteiger partial charge on any atom is 0.418 e. The van der Waals surface area contributed by atoms with Crippen LogP contribution in [-0.2, 0) is 30.4 Å². The third-order valence-electron chi connectivity index (χ3n) is 7.39. The number of halogens is 3. The summed E-state index contributed by atoms with van der Waals surface area (Å²) < 4.78 is 48.0. The summed E-state index contributed by atoms with van der Waals surface area (Å²) in [5.41, 5.74) is 4.03. The Kier molecular flexibility index (Phi) is 7.55. The van der Waals surface area contributed by atoms with Gasteiger partial charge in [-0.05, 0) is 63.4 Å². The highest BCUT2D eigenvalue weighted by Crippen LogP contribution is 2.39. The first-order chi connectivity index (χ1) is 20.8. The zero-order valence-corrected chi connectivity index (χ0v) is 22.9. The molecular weight excluding hydrogens is 551 g/mol. The van der Waals surface area contributed by atoms with Crippen LogP contribution in [0.2, 0.25) is 0 Å². The van der Waals surface area contributed by atoms with Gasteiger partial charge in [-0.15, -0.1) is 0 Å². The normalized spacial score (nSPS) is 11.6. The lowest BCUT2D eigenvalue weighted by molar-refractivity contribution is -0.137. The monoisotopic (exact) mass is 577 g/mol. The second kappa shape index (κ2) is 11.6. The van der Waals surface area contributed by atoms with Gasteiger partial charge in [-0.3, -0.25) is 9.78 Å². The Morgan fingerprint density at radius 1 is 0.767 bits per heavy atom. The highest BCUT2D eigenvalue weighted by molar-refractivity contribution is 5.98. The van der Waals surface area contributed by atoms with Gasteiger partial charge in [0.2, 0.25) is 0 Å². The van der Waals surface area contributed by atoms with Gasteiger partial charge in [-0.2, -0.15) is 13.2 Å². The number of hydrogen-bond acceptors (Lipinski definition) is 3. The first kappa shape index (κ1) is 28.0. The predicted octanol–water partition coefficient (Wildman–Crippen LogP) is 8.87. The number of para-hydroxylation sites is 1. The van der Waals surface area contributed by atoms with Crippen LogP contribution < -0.4 is 4.74 Å². The van der Waals surface area contributed by atoms with Gasteiger partial charge in [-0.25, -0.2) is 0 Å². The maximum atomic E-state index is 13.9. The number of benzene rings is 5. The minimum atomic E-state index is -4.53.